The summed E-state index contributed by atoms with van der Waals surface area (Å²) in [5.74, 6) is 1.20. The second-order valence-electron chi connectivity index (χ2n) is 5.30. The zero-order chi connectivity index (χ0) is 12.5. The molecule has 0 N–H and O–H groups in total. The van der Waals surface area contributed by atoms with Crippen molar-refractivity contribution in [3.63, 3.8) is 0 Å². The normalized spacial score (nSPS) is 20.9. The summed E-state index contributed by atoms with van der Waals surface area (Å²) in [4.78, 5) is 7.18. The van der Waals surface area contributed by atoms with Gasteiger partial charge in [-0.25, -0.2) is 4.98 Å². The van der Waals surface area contributed by atoms with E-state index in [1.807, 2.05) is 6.20 Å². The molecule has 1 atom stereocenters. The van der Waals surface area contributed by atoms with E-state index in [2.05, 4.69) is 46.5 Å². The molecule has 18 heavy (non-hydrogen) atoms. The molecule has 3 heteroatoms. The van der Waals surface area contributed by atoms with Crippen molar-refractivity contribution in [2.24, 2.45) is 0 Å². The van der Waals surface area contributed by atoms with Gasteiger partial charge in [0, 0.05) is 18.7 Å². The van der Waals surface area contributed by atoms with Crippen LogP contribution in [0.4, 0.5) is 0 Å². The number of rotatable bonds is 3. The number of likely N-dealkylation sites (N-methyl/N-ethyl adjacent to an activating group) is 1. The fraction of sp³-hybridized carbons (Fsp3) is 0.533. The van der Waals surface area contributed by atoms with Crippen LogP contribution in [0.15, 0.2) is 24.5 Å². The average molecular weight is 243 g/mol. The monoisotopic (exact) mass is 243 g/mol. The van der Waals surface area contributed by atoms with E-state index >= 15 is 0 Å². The lowest BCUT2D eigenvalue weighted by Gasteiger charge is -2.22. The van der Waals surface area contributed by atoms with E-state index in [0.717, 1.165) is 13.0 Å². The predicted molar refractivity (Wildman–Crippen MR) is 73.9 cm³/mol. The molecule has 0 aromatic carbocycles. The first-order valence-electron chi connectivity index (χ1n) is 6.94. The highest BCUT2D eigenvalue weighted by atomic mass is 15.2. The molecule has 3 rings (SSSR count). The largest absolute Gasteiger partial charge is 0.304 e. The third-order valence-corrected chi connectivity index (χ3v) is 4.09. The average Bonchev–Trinajstić information content (AvgIpc) is 2.96. The fourth-order valence-corrected chi connectivity index (χ4v) is 3.07. The topological polar surface area (TPSA) is 20.5 Å². The van der Waals surface area contributed by atoms with Gasteiger partial charge >= 0.3 is 0 Å². The van der Waals surface area contributed by atoms with Gasteiger partial charge in [-0.2, -0.15) is 0 Å². The Kier molecular flexibility index (Phi) is 3.08. The molecule has 1 fully saturated rings. The van der Waals surface area contributed by atoms with Gasteiger partial charge in [-0.05, 0) is 50.6 Å². The molecule has 1 unspecified atom stereocenters. The molecule has 0 bridgehead atoms. The van der Waals surface area contributed by atoms with Crippen LogP contribution in [0.25, 0.3) is 5.52 Å². The molecule has 3 heterocycles. The maximum atomic E-state index is 4.60. The van der Waals surface area contributed by atoms with E-state index in [1.165, 1.54) is 36.3 Å². The number of pyridine rings is 1. The predicted octanol–water partition coefficient (Wildman–Crippen LogP) is 2.67. The third-order valence-electron chi connectivity index (χ3n) is 4.09. The molecule has 0 aliphatic carbocycles. The number of hydrogen-bond donors (Lipinski definition) is 0. The molecule has 3 nitrogen and oxygen atoms in total. The summed E-state index contributed by atoms with van der Waals surface area (Å²) in [6.45, 7) is 6.80. The molecule has 0 spiro atoms. The van der Waals surface area contributed by atoms with Crippen LogP contribution in [0.5, 0.6) is 0 Å². The van der Waals surface area contributed by atoms with Crippen molar-refractivity contribution in [1.82, 2.24) is 14.3 Å². The van der Waals surface area contributed by atoms with E-state index < -0.39 is 0 Å². The van der Waals surface area contributed by atoms with Crippen molar-refractivity contribution < 1.29 is 0 Å². The molecule has 1 saturated heterocycles. The van der Waals surface area contributed by atoms with E-state index in [9.17, 15) is 0 Å². The molecule has 0 amide bonds. The lowest BCUT2D eigenvalue weighted by atomic mass is 10.1. The summed E-state index contributed by atoms with van der Waals surface area (Å²) in [6.07, 6.45) is 7.87. The molecular weight excluding hydrogens is 222 g/mol. The summed E-state index contributed by atoms with van der Waals surface area (Å²) in [6, 6.07) is 5.04. The Bertz CT molecular complexity index is 544. The lowest BCUT2D eigenvalue weighted by molar-refractivity contribution is 0.263. The SMILES string of the molecule is CCN1CCCC1Cc1ncc2cc(C)ccn12. The number of imidazole rings is 1. The van der Waals surface area contributed by atoms with Gasteiger partial charge in [0.15, 0.2) is 0 Å². The number of nitrogens with zero attached hydrogens (tertiary/aromatic N) is 3. The van der Waals surface area contributed by atoms with Crippen molar-refractivity contribution >= 4 is 5.52 Å². The molecule has 96 valence electrons. The van der Waals surface area contributed by atoms with Crippen molar-refractivity contribution in [1.29, 1.82) is 0 Å². The Hall–Kier alpha value is -1.35. The number of likely N-dealkylation sites (tertiary alicyclic amines) is 1. The van der Waals surface area contributed by atoms with Gasteiger partial charge in [-0.15, -0.1) is 0 Å². The Morgan fingerprint density at radius 2 is 2.33 bits per heavy atom. The fourth-order valence-electron chi connectivity index (χ4n) is 3.07. The first kappa shape index (κ1) is 11.7. The van der Waals surface area contributed by atoms with Gasteiger partial charge in [0.25, 0.3) is 0 Å². The molecule has 2 aromatic heterocycles. The Morgan fingerprint density at radius 3 is 3.17 bits per heavy atom. The van der Waals surface area contributed by atoms with Gasteiger partial charge in [-0.3, -0.25) is 0 Å². The van der Waals surface area contributed by atoms with Gasteiger partial charge in [0.1, 0.15) is 5.82 Å². The first-order valence-corrected chi connectivity index (χ1v) is 6.94. The smallest absolute Gasteiger partial charge is 0.114 e. The van der Waals surface area contributed by atoms with Crippen molar-refractivity contribution in [2.45, 2.75) is 39.2 Å². The van der Waals surface area contributed by atoms with Crippen LogP contribution in [0.2, 0.25) is 0 Å². The lowest BCUT2D eigenvalue weighted by Crippen LogP contribution is -2.31. The van der Waals surface area contributed by atoms with Crippen LogP contribution < -0.4 is 0 Å². The van der Waals surface area contributed by atoms with E-state index in [1.54, 1.807) is 0 Å². The summed E-state index contributed by atoms with van der Waals surface area (Å²) >= 11 is 0. The maximum absolute atomic E-state index is 4.60. The molecule has 2 aromatic rings. The highest BCUT2D eigenvalue weighted by Gasteiger charge is 2.24. The second-order valence-corrected chi connectivity index (χ2v) is 5.30. The summed E-state index contributed by atoms with van der Waals surface area (Å²) in [5, 5.41) is 0. The van der Waals surface area contributed by atoms with Crippen molar-refractivity contribution in [2.75, 3.05) is 13.1 Å². The van der Waals surface area contributed by atoms with E-state index in [-0.39, 0.29) is 0 Å². The number of hydrogen-bond acceptors (Lipinski definition) is 2. The highest BCUT2D eigenvalue weighted by Crippen LogP contribution is 2.21. The number of aromatic nitrogens is 2. The standard InChI is InChI=1S/C15H21N3/c1-3-17-7-4-5-13(17)10-15-16-11-14-9-12(2)6-8-18(14)15/h6,8-9,11,13H,3-5,7,10H2,1-2H3. The van der Waals surface area contributed by atoms with Crippen molar-refractivity contribution in [3.05, 3.63) is 35.9 Å². The Labute approximate surface area is 108 Å². The van der Waals surface area contributed by atoms with Gasteiger partial charge < -0.3 is 9.30 Å². The van der Waals surface area contributed by atoms with E-state index in [0.29, 0.717) is 6.04 Å². The van der Waals surface area contributed by atoms with Gasteiger partial charge in [-0.1, -0.05) is 6.92 Å². The van der Waals surface area contributed by atoms with Gasteiger partial charge in [0.2, 0.25) is 0 Å². The van der Waals surface area contributed by atoms with Crippen molar-refractivity contribution in [3.8, 4) is 0 Å². The molecule has 1 aliphatic heterocycles. The molecule has 0 radical (unpaired) electrons. The number of fused-ring (bicyclic) bond motifs is 1. The minimum Gasteiger partial charge on any atom is -0.304 e. The molecule has 1 aliphatic rings. The van der Waals surface area contributed by atoms with Gasteiger partial charge in [0.05, 0.1) is 11.7 Å². The second kappa shape index (κ2) is 4.73. The first-order chi connectivity index (χ1) is 8.78. The Balaban J connectivity index is 1.86. The van der Waals surface area contributed by atoms with Crippen LogP contribution in [-0.2, 0) is 6.42 Å². The maximum Gasteiger partial charge on any atom is 0.114 e. The summed E-state index contributed by atoms with van der Waals surface area (Å²) < 4.78 is 2.24. The zero-order valence-corrected chi connectivity index (χ0v) is 11.3. The minimum absolute atomic E-state index is 0.682. The number of aryl methyl sites for hydroxylation is 1. The Morgan fingerprint density at radius 1 is 1.44 bits per heavy atom. The summed E-state index contributed by atoms with van der Waals surface area (Å²) in [7, 11) is 0. The third kappa shape index (κ3) is 2.03. The summed E-state index contributed by atoms with van der Waals surface area (Å²) in [5.41, 5.74) is 2.51. The van der Waals surface area contributed by atoms with Crippen LogP contribution in [0.3, 0.4) is 0 Å². The van der Waals surface area contributed by atoms with Crippen LogP contribution in [0.1, 0.15) is 31.2 Å². The molecular formula is C15H21N3. The van der Waals surface area contributed by atoms with E-state index in [4.69, 9.17) is 0 Å². The minimum atomic E-state index is 0.682. The van der Waals surface area contributed by atoms with Crippen LogP contribution in [0, 0.1) is 6.92 Å². The van der Waals surface area contributed by atoms with Crippen LogP contribution in [-0.4, -0.2) is 33.4 Å². The molecule has 0 saturated carbocycles. The zero-order valence-electron chi connectivity index (χ0n) is 11.3. The highest BCUT2D eigenvalue weighted by molar-refractivity contribution is 5.48. The van der Waals surface area contributed by atoms with Crippen LogP contribution >= 0.6 is 0 Å². The quantitative estimate of drug-likeness (QED) is 0.826.